The van der Waals surface area contributed by atoms with Crippen LogP contribution >= 0.6 is 24.0 Å². The van der Waals surface area contributed by atoms with Gasteiger partial charge in [0.25, 0.3) is 0 Å². The van der Waals surface area contributed by atoms with E-state index in [2.05, 4.69) is 27.4 Å². The fourth-order valence-corrected chi connectivity index (χ4v) is 1.44. The van der Waals surface area contributed by atoms with E-state index in [9.17, 15) is 4.79 Å². The first-order valence-electron chi connectivity index (χ1n) is 6.91. The normalized spacial score (nSPS) is 10.6. The number of nitrogens with zero attached hydrogens (tertiary/aromatic N) is 2. The maximum Gasteiger partial charge on any atom is 0.241 e. The molecule has 0 atom stereocenters. The van der Waals surface area contributed by atoms with E-state index < -0.39 is 0 Å². The SMILES string of the molecule is CCCCN(C)C(=NCC(=O)NCCC)NCC.I. The third-order valence-corrected chi connectivity index (χ3v) is 2.49. The summed E-state index contributed by atoms with van der Waals surface area (Å²) in [5, 5.41) is 6.02. The minimum Gasteiger partial charge on any atom is -0.357 e. The van der Waals surface area contributed by atoms with Crippen LogP contribution in [-0.2, 0) is 4.79 Å². The number of aliphatic imine (C=N–C) groups is 1. The summed E-state index contributed by atoms with van der Waals surface area (Å²) in [6.45, 7) is 8.91. The molecule has 0 aliphatic carbocycles. The van der Waals surface area contributed by atoms with Crippen LogP contribution in [0.4, 0.5) is 0 Å². The van der Waals surface area contributed by atoms with E-state index in [0.29, 0.717) is 0 Å². The molecule has 5 nitrogen and oxygen atoms in total. The van der Waals surface area contributed by atoms with Gasteiger partial charge < -0.3 is 15.5 Å². The summed E-state index contributed by atoms with van der Waals surface area (Å²) in [6, 6.07) is 0. The van der Waals surface area contributed by atoms with Gasteiger partial charge in [-0.3, -0.25) is 4.79 Å². The van der Waals surface area contributed by atoms with Crippen molar-refractivity contribution in [2.75, 3.05) is 33.2 Å². The second-order valence-corrected chi connectivity index (χ2v) is 4.30. The molecule has 0 fully saturated rings. The lowest BCUT2D eigenvalue weighted by molar-refractivity contribution is -0.119. The number of unbranched alkanes of at least 4 members (excludes halogenated alkanes) is 1. The maximum atomic E-state index is 11.5. The molecule has 0 rings (SSSR count). The molecule has 0 aliphatic rings. The summed E-state index contributed by atoms with van der Waals surface area (Å²) in [5.41, 5.74) is 0. The van der Waals surface area contributed by atoms with Crippen molar-refractivity contribution < 1.29 is 4.79 Å². The number of rotatable bonds is 8. The van der Waals surface area contributed by atoms with Crippen LogP contribution in [0.2, 0.25) is 0 Å². The van der Waals surface area contributed by atoms with Crippen molar-refractivity contribution in [2.45, 2.75) is 40.0 Å². The highest BCUT2D eigenvalue weighted by Crippen LogP contribution is 1.93. The van der Waals surface area contributed by atoms with Crippen molar-refractivity contribution in [1.29, 1.82) is 0 Å². The Morgan fingerprint density at radius 3 is 2.37 bits per heavy atom. The number of amides is 1. The molecule has 114 valence electrons. The van der Waals surface area contributed by atoms with Crippen LogP contribution in [0.1, 0.15) is 40.0 Å². The molecule has 0 bridgehead atoms. The third kappa shape index (κ3) is 11.0. The fourth-order valence-electron chi connectivity index (χ4n) is 1.44. The lowest BCUT2D eigenvalue weighted by Gasteiger charge is -2.21. The Balaban J connectivity index is 0. The van der Waals surface area contributed by atoms with E-state index in [0.717, 1.165) is 44.9 Å². The molecule has 0 saturated heterocycles. The van der Waals surface area contributed by atoms with Crippen LogP contribution in [0.15, 0.2) is 4.99 Å². The number of carbonyl (C=O) groups excluding carboxylic acids is 1. The van der Waals surface area contributed by atoms with Gasteiger partial charge >= 0.3 is 0 Å². The topological polar surface area (TPSA) is 56.7 Å². The summed E-state index contributed by atoms with van der Waals surface area (Å²) in [5.74, 6) is 0.786. The van der Waals surface area contributed by atoms with E-state index in [1.807, 2.05) is 20.9 Å². The molecule has 19 heavy (non-hydrogen) atoms. The Kier molecular flexibility index (Phi) is 15.2. The number of hydrogen-bond donors (Lipinski definition) is 2. The van der Waals surface area contributed by atoms with Gasteiger partial charge in [-0.15, -0.1) is 24.0 Å². The van der Waals surface area contributed by atoms with Crippen LogP contribution in [0.5, 0.6) is 0 Å². The lowest BCUT2D eigenvalue weighted by atomic mass is 10.3. The maximum absolute atomic E-state index is 11.5. The molecule has 0 unspecified atom stereocenters. The molecule has 0 spiro atoms. The van der Waals surface area contributed by atoms with Gasteiger partial charge in [0.05, 0.1) is 0 Å². The molecule has 0 aromatic heterocycles. The zero-order valence-electron chi connectivity index (χ0n) is 12.7. The number of nitrogens with one attached hydrogen (secondary N) is 2. The molecule has 0 radical (unpaired) electrons. The largest absolute Gasteiger partial charge is 0.357 e. The van der Waals surface area contributed by atoms with Gasteiger partial charge in [0, 0.05) is 26.7 Å². The molecular weight excluding hydrogens is 355 g/mol. The van der Waals surface area contributed by atoms with E-state index in [1.54, 1.807) is 0 Å². The van der Waals surface area contributed by atoms with Crippen molar-refractivity contribution in [3.05, 3.63) is 0 Å². The minimum atomic E-state index is -0.0175. The second kappa shape index (κ2) is 13.9. The summed E-state index contributed by atoms with van der Waals surface area (Å²) in [4.78, 5) is 17.9. The van der Waals surface area contributed by atoms with Crippen LogP contribution in [0.25, 0.3) is 0 Å². The predicted molar refractivity (Wildman–Crippen MR) is 92.2 cm³/mol. The number of guanidine groups is 1. The van der Waals surface area contributed by atoms with Crippen LogP contribution in [-0.4, -0.2) is 50.0 Å². The van der Waals surface area contributed by atoms with Gasteiger partial charge in [-0.05, 0) is 19.8 Å². The first kappa shape index (κ1) is 20.8. The highest BCUT2D eigenvalue weighted by atomic mass is 127. The van der Waals surface area contributed by atoms with E-state index in [4.69, 9.17) is 0 Å². The number of halogens is 1. The monoisotopic (exact) mass is 384 g/mol. The summed E-state index contributed by atoms with van der Waals surface area (Å²) in [6.07, 6.45) is 3.23. The fraction of sp³-hybridized carbons (Fsp3) is 0.846. The summed E-state index contributed by atoms with van der Waals surface area (Å²) in [7, 11) is 2.00. The molecule has 1 amide bonds. The van der Waals surface area contributed by atoms with Gasteiger partial charge in [-0.25, -0.2) is 4.99 Å². The Labute approximate surface area is 134 Å². The van der Waals surface area contributed by atoms with Gasteiger partial charge in [0.2, 0.25) is 5.91 Å². The van der Waals surface area contributed by atoms with Gasteiger partial charge in [0.15, 0.2) is 5.96 Å². The van der Waals surface area contributed by atoms with Crippen molar-refractivity contribution >= 4 is 35.8 Å². The second-order valence-electron chi connectivity index (χ2n) is 4.30. The Morgan fingerprint density at radius 1 is 1.16 bits per heavy atom. The Hall–Kier alpha value is -0.530. The summed E-state index contributed by atoms with van der Waals surface area (Å²) < 4.78 is 0. The number of carbonyl (C=O) groups is 1. The standard InChI is InChI=1S/C13H28N4O.HI/c1-5-8-10-17(4)13(14-7-3)16-11-12(18)15-9-6-2;/h5-11H2,1-4H3,(H,14,16)(H,15,18);1H. The van der Waals surface area contributed by atoms with Crippen LogP contribution in [0, 0.1) is 0 Å². The first-order chi connectivity index (χ1) is 8.65. The minimum absolute atomic E-state index is 0. The average Bonchev–Trinajstić information content (AvgIpc) is 2.38. The summed E-state index contributed by atoms with van der Waals surface area (Å²) >= 11 is 0. The van der Waals surface area contributed by atoms with Crippen molar-refractivity contribution in [3.8, 4) is 0 Å². The molecule has 0 aromatic rings. The van der Waals surface area contributed by atoms with Crippen molar-refractivity contribution in [1.82, 2.24) is 15.5 Å². The van der Waals surface area contributed by atoms with Crippen molar-refractivity contribution in [2.24, 2.45) is 4.99 Å². The van der Waals surface area contributed by atoms with E-state index in [1.165, 1.54) is 0 Å². The smallest absolute Gasteiger partial charge is 0.241 e. The average molecular weight is 384 g/mol. The Bertz CT molecular complexity index is 259. The van der Waals surface area contributed by atoms with E-state index in [-0.39, 0.29) is 36.4 Å². The Morgan fingerprint density at radius 2 is 1.84 bits per heavy atom. The van der Waals surface area contributed by atoms with Gasteiger partial charge in [0.1, 0.15) is 6.54 Å². The van der Waals surface area contributed by atoms with Gasteiger partial charge in [-0.2, -0.15) is 0 Å². The quantitative estimate of drug-likeness (QED) is 0.382. The van der Waals surface area contributed by atoms with Crippen molar-refractivity contribution in [3.63, 3.8) is 0 Å². The lowest BCUT2D eigenvalue weighted by Crippen LogP contribution is -2.40. The van der Waals surface area contributed by atoms with E-state index >= 15 is 0 Å². The highest BCUT2D eigenvalue weighted by Gasteiger charge is 2.06. The molecule has 0 aromatic carbocycles. The molecular formula is C13H29IN4O. The molecule has 0 heterocycles. The first-order valence-corrected chi connectivity index (χ1v) is 6.91. The van der Waals surface area contributed by atoms with Crippen LogP contribution < -0.4 is 10.6 Å². The van der Waals surface area contributed by atoms with Crippen LogP contribution in [0.3, 0.4) is 0 Å². The third-order valence-electron chi connectivity index (χ3n) is 2.49. The molecule has 2 N–H and O–H groups in total. The zero-order chi connectivity index (χ0) is 13.8. The molecule has 6 heteroatoms. The molecule has 0 aliphatic heterocycles. The zero-order valence-corrected chi connectivity index (χ0v) is 15.0. The predicted octanol–water partition coefficient (Wildman–Crippen LogP) is 1.83. The number of hydrogen-bond acceptors (Lipinski definition) is 2. The highest BCUT2D eigenvalue weighted by molar-refractivity contribution is 14.0. The molecule has 0 saturated carbocycles. The van der Waals surface area contributed by atoms with Gasteiger partial charge in [-0.1, -0.05) is 20.3 Å².